The maximum Gasteiger partial charge on any atom is 0.123 e. The summed E-state index contributed by atoms with van der Waals surface area (Å²) in [6.07, 6.45) is 0.825. The molecule has 0 saturated heterocycles. The van der Waals surface area contributed by atoms with E-state index in [1.807, 2.05) is 26.0 Å². The highest BCUT2D eigenvalue weighted by atomic mass is 19.1. The van der Waals surface area contributed by atoms with Gasteiger partial charge in [0, 0.05) is 6.04 Å². The fourth-order valence-corrected chi connectivity index (χ4v) is 2.26. The number of rotatable bonds is 5. The molecule has 0 spiro atoms. The summed E-state index contributed by atoms with van der Waals surface area (Å²) in [7, 11) is 0. The quantitative estimate of drug-likeness (QED) is 0.863. The highest BCUT2D eigenvalue weighted by Crippen LogP contribution is 2.14. The Balaban J connectivity index is 1.89. The fraction of sp³-hybridized carbons (Fsp3) is 0.294. The van der Waals surface area contributed by atoms with E-state index in [9.17, 15) is 8.78 Å². The Labute approximate surface area is 118 Å². The molecule has 0 heterocycles. The average Bonchev–Trinajstić information content (AvgIpc) is 2.41. The minimum absolute atomic E-state index is 0.0893. The van der Waals surface area contributed by atoms with Crippen LogP contribution in [-0.4, -0.2) is 6.54 Å². The molecule has 106 valence electrons. The normalized spacial score (nSPS) is 12.4. The van der Waals surface area contributed by atoms with Crippen molar-refractivity contribution in [3.63, 3.8) is 0 Å². The van der Waals surface area contributed by atoms with Crippen LogP contribution in [0.15, 0.2) is 42.5 Å². The number of hydrogen-bond donors (Lipinski definition) is 1. The zero-order valence-electron chi connectivity index (χ0n) is 11.8. The van der Waals surface area contributed by atoms with E-state index < -0.39 is 0 Å². The van der Waals surface area contributed by atoms with Crippen LogP contribution in [0.4, 0.5) is 8.78 Å². The molecule has 2 rings (SSSR count). The third kappa shape index (κ3) is 3.87. The first-order valence-electron chi connectivity index (χ1n) is 6.80. The van der Waals surface area contributed by atoms with E-state index in [0.29, 0.717) is 0 Å². The Morgan fingerprint density at radius 2 is 1.80 bits per heavy atom. The van der Waals surface area contributed by atoms with Gasteiger partial charge in [0.2, 0.25) is 0 Å². The minimum Gasteiger partial charge on any atom is -0.310 e. The van der Waals surface area contributed by atoms with Gasteiger partial charge in [-0.1, -0.05) is 18.2 Å². The highest BCUT2D eigenvalue weighted by molar-refractivity contribution is 5.27. The first-order chi connectivity index (χ1) is 9.56. The maximum absolute atomic E-state index is 13.1. The lowest BCUT2D eigenvalue weighted by Crippen LogP contribution is -2.21. The van der Waals surface area contributed by atoms with E-state index in [-0.39, 0.29) is 17.7 Å². The molecule has 0 radical (unpaired) electrons. The number of benzene rings is 2. The van der Waals surface area contributed by atoms with Crippen LogP contribution in [0.1, 0.15) is 29.7 Å². The lowest BCUT2D eigenvalue weighted by atomic mass is 10.0. The molecule has 0 bridgehead atoms. The van der Waals surface area contributed by atoms with Crippen LogP contribution in [0, 0.1) is 18.6 Å². The Morgan fingerprint density at radius 3 is 2.50 bits per heavy atom. The van der Waals surface area contributed by atoms with E-state index in [0.717, 1.165) is 29.7 Å². The van der Waals surface area contributed by atoms with Crippen molar-refractivity contribution in [1.29, 1.82) is 0 Å². The fourth-order valence-electron chi connectivity index (χ4n) is 2.26. The standard InChI is InChI=1S/C17H19F2N/c1-12-10-17(19)7-6-14(12)8-9-20-13(2)15-4-3-5-16(18)11-15/h3-7,10-11,13,20H,8-9H2,1-2H3. The first kappa shape index (κ1) is 14.7. The zero-order valence-corrected chi connectivity index (χ0v) is 11.8. The molecule has 1 atom stereocenters. The summed E-state index contributed by atoms with van der Waals surface area (Å²) in [5, 5.41) is 3.36. The molecule has 0 saturated carbocycles. The summed E-state index contributed by atoms with van der Waals surface area (Å²) in [6.45, 7) is 4.69. The molecular weight excluding hydrogens is 256 g/mol. The number of hydrogen-bond acceptors (Lipinski definition) is 1. The van der Waals surface area contributed by atoms with Gasteiger partial charge in [0.05, 0.1) is 0 Å². The average molecular weight is 275 g/mol. The van der Waals surface area contributed by atoms with Crippen molar-refractivity contribution in [2.45, 2.75) is 26.3 Å². The number of nitrogens with one attached hydrogen (secondary N) is 1. The van der Waals surface area contributed by atoms with Crippen molar-refractivity contribution >= 4 is 0 Å². The number of halogens is 2. The Morgan fingerprint density at radius 1 is 1.05 bits per heavy atom. The summed E-state index contributed by atoms with van der Waals surface area (Å²) in [5.41, 5.74) is 3.02. The molecule has 0 aliphatic rings. The van der Waals surface area contributed by atoms with Crippen molar-refractivity contribution in [2.75, 3.05) is 6.54 Å². The Kier molecular flexibility index (Phi) is 4.85. The summed E-state index contributed by atoms with van der Waals surface area (Å²) in [6, 6.07) is 11.5. The molecule has 0 aliphatic heterocycles. The van der Waals surface area contributed by atoms with Gasteiger partial charge in [-0.25, -0.2) is 8.78 Å². The molecular formula is C17H19F2N. The SMILES string of the molecule is Cc1cc(F)ccc1CCNC(C)c1cccc(F)c1. The lowest BCUT2D eigenvalue weighted by molar-refractivity contribution is 0.566. The summed E-state index contributed by atoms with van der Waals surface area (Å²) < 4.78 is 26.1. The van der Waals surface area contributed by atoms with Gasteiger partial charge in [-0.05, 0) is 67.8 Å². The zero-order chi connectivity index (χ0) is 14.5. The molecule has 1 N–H and O–H groups in total. The molecule has 2 aromatic carbocycles. The molecule has 1 unspecified atom stereocenters. The van der Waals surface area contributed by atoms with Gasteiger partial charge >= 0.3 is 0 Å². The highest BCUT2D eigenvalue weighted by Gasteiger charge is 2.06. The molecule has 0 aliphatic carbocycles. The van der Waals surface area contributed by atoms with Gasteiger partial charge < -0.3 is 5.32 Å². The second-order valence-corrected chi connectivity index (χ2v) is 5.05. The topological polar surface area (TPSA) is 12.0 Å². The summed E-state index contributed by atoms with van der Waals surface area (Å²) in [5.74, 6) is -0.419. The molecule has 20 heavy (non-hydrogen) atoms. The molecule has 2 aromatic rings. The van der Waals surface area contributed by atoms with E-state index in [4.69, 9.17) is 0 Å². The predicted molar refractivity (Wildman–Crippen MR) is 77.7 cm³/mol. The van der Waals surface area contributed by atoms with Gasteiger partial charge in [-0.15, -0.1) is 0 Å². The van der Waals surface area contributed by atoms with Crippen LogP contribution in [-0.2, 0) is 6.42 Å². The van der Waals surface area contributed by atoms with Crippen LogP contribution in [0.3, 0.4) is 0 Å². The van der Waals surface area contributed by atoms with Gasteiger partial charge in [0.25, 0.3) is 0 Å². The first-order valence-corrected chi connectivity index (χ1v) is 6.80. The van der Waals surface area contributed by atoms with Gasteiger partial charge in [0.15, 0.2) is 0 Å². The Hall–Kier alpha value is -1.74. The van der Waals surface area contributed by atoms with Crippen LogP contribution in [0.25, 0.3) is 0 Å². The van der Waals surface area contributed by atoms with Gasteiger partial charge in [-0.2, -0.15) is 0 Å². The second-order valence-electron chi connectivity index (χ2n) is 5.05. The van der Waals surface area contributed by atoms with Crippen molar-refractivity contribution in [3.8, 4) is 0 Å². The molecule has 0 aromatic heterocycles. The van der Waals surface area contributed by atoms with Crippen molar-refractivity contribution in [1.82, 2.24) is 5.32 Å². The maximum atomic E-state index is 13.1. The second kappa shape index (κ2) is 6.62. The Bertz CT molecular complexity index is 581. The molecule has 0 fully saturated rings. The third-order valence-corrected chi connectivity index (χ3v) is 3.50. The van der Waals surface area contributed by atoms with Crippen molar-refractivity contribution in [2.24, 2.45) is 0 Å². The monoisotopic (exact) mass is 275 g/mol. The van der Waals surface area contributed by atoms with E-state index in [1.54, 1.807) is 18.2 Å². The molecule has 1 nitrogen and oxygen atoms in total. The van der Waals surface area contributed by atoms with E-state index in [1.165, 1.54) is 12.1 Å². The lowest BCUT2D eigenvalue weighted by Gasteiger charge is -2.15. The smallest absolute Gasteiger partial charge is 0.123 e. The van der Waals surface area contributed by atoms with Crippen LogP contribution >= 0.6 is 0 Å². The van der Waals surface area contributed by atoms with Gasteiger partial charge in [-0.3, -0.25) is 0 Å². The third-order valence-electron chi connectivity index (χ3n) is 3.50. The minimum atomic E-state index is -0.217. The van der Waals surface area contributed by atoms with Gasteiger partial charge in [0.1, 0.15) is 11.6 Å². The summed E-state index contributed by atoms with van der Waals surface area (Å²) in [4.78, 5) is 0. The molecule has 3 heteroatoms. The van der Waals surface area contributed by atoms with Crippen molar-refractivity contribution < 1.29 is 8.78 Å². The summed E-state index contributed by atoms with van der Waals surface area (Å²) >= 11 is 0. The van der Waals surface area contributed by atoms with E-state index in [2.05, 4.69) is 5.32 Å². The van der Waals surface area contributed by atoms with Crippen LogP contribution in [0.5, 0.6) is 0 Å². The predicted octanol–water partition coefficient (Wildman–Crippen LogP) is 4.17. The van der Waals surface area contributed by atoms with Crippen LogP contribution in [0.2, 0.25) is 0 Å². The van der Waals surface area contributed by atoms with Crippen LogP contribution < -0.4 is 5.32 Å². The molecule has 0 amide bonds. The largest absolute Gasteiger partial charge is 0.310 e. The van der Waals surface area contributed by atoms with Crippen molar-refractivity contribution in [3.05, 3.63) is 70.8 Å². The van der Waals surface area contributed by atoms with E-state index >= 15 is 0 Å². The number of aryl methyl sites for hydroxylation is 1.